The number of nitrogens with one attached hydrogen (secondary N) is 1. The molecule has 0 unspecified atom stereocenters. The summed E-state index contributed by atoms with van der Waals surface area (Å²) in [6.07, 6.45) is 0. The Morgan fingerprint density at radius 3 is 2.58 bits per heavy atom. The summed E-state index contributed by atoms with van der Waals surface area (Å²) in [5.74, 6) is -0.865. The second-order valence-electron chi connectivity index (χ2n) is 2.75. The summed E-state index contributed by atoms with van der Waals surface area (Å²) >= 11 is 3.09. The van der Waals surface area contributed by atoms with Gasteiger partial charge in [-0.3, -0.25) is 0 Å². The Morgan fingerprint density at radius 1 is 1.67 bits per heavy atom. The Hall–Kier alpha value is -0.840. The van der Waals surface area contributed by atoms with Gasteiger partial charge in [0.1, 0.15) is 0 Å². The van der Waals surface area contributed by atoms with Gasteiger partial charge in [-0.15, -0.1) is 0 Å². The van der Waals surface area contributed by atoms with Crippen LogP contribution >= 0.6 is 15.9 Å². The van der Waals surface area contributed by atoms with E-state index in [1.165, 1.54) is 0 Å². The van der Waals surface area contributed by atoms with Gasteiger partial charge in [-0.1, -0.05) is 13.8 Å². The number of carboxylic acid groups (broad SMARTS) is 1. The maximum absolute atomic E-state index is 10.6. The average molecular weight is 233 g/mol. The number of imidazole rings is 1. The normalized spacial score (nSPS) is 10.7. The van der Waals surface area contributed by atoms with Crippen molar-refractivity contribution in [3.8, 4) is 0 Å². The van der Waals surface area contributed by atoms with Crippen molar-refractivity contribution < 1.29 is 9.90 Å². The molecule has 4 nitrogen and oxygen atoms in total. The smallest absolute Gasteiger partial charge is 0.356 e. The molecule has 0 saturated heterocycles. The van der Waals surface area contributed by atoms with Crippen LogP contribution in [0.3, 0.4) is 0 Å². The molecule has 0 atom stereocenters. The molecule has 0 aliphatic rings. The zero-order valence-corrected chi connectivity index (χ0v) is 8.34. The van der Waals surface area contributed by atoms with Crippen LogP contribution in [-0.4, -0.2) is 21.0 Å². The van der Waals surface area contributed by atoms with Gasteiger partial charge in [0.2, 0.25) is 0 Å². The lowest BCUT2D eigenvalue weighted by Gasteiger charge is -2.00. The number of rotatable bonds is 2. The number of nitrogens with zero attached hydrogens (tertiary/aromatic N) is 1. The van der Waals surface area contributed by atoms with Crippen molar-refractivity contribution in [2.75, 3.05) is 0 Å². The van der Waals surface area contributed by atoms with Crippen molar-refractivity contribution in [2.45, 2.75) is 19.8 Å². The summed E-state index contributed by atoms with van der Waals surface area (Å²) < 4.78 is 0.462. The largest absolute Gasteiger partial charge is 0.476 e. The zero-order chi connectivity index (χ0) is 9.30. The summed E-state index contributed by atoms with van der Waals surface area (Å²) in [6.45, 7) is 3.82. The van der Waals surface area contributed by atoms with E-state index in [1.54, 1.807) is 0 Å². The van der Waals surface area contributed by atoms with Gasteiger partial charge in [0.15, 0.2) is 10.4 Å². The maximum Gasteiger partial charge on any atom is 0.356 e. The summed E-state index contributed by atoms with van der Waals surface area (Å²) in [7, 11) is 0. The third-order valence-electron chi connectivity index (χ3n) is 1.48. The van der Waals surface area contributed by atoms with Gasteiger partial charge < -0.3 is 10.1 Å². The molecular formula is C7H9BrN2O2. The highest BCUT2D eigenvalue weighted by Crippen LogP contribution is 2.19. The zero-order valence-electron chi connectivity index (χ0n) is 6.76. The van der Waals surface area contributed by atoms with Crippen LogP contribution in [0.5, 0.6) is 0 Å². The highest BCUT2D eigenvalue weighted by Gasteiger charge is 2.17. The van der Waals surface area contributed by atoms with E-state index in [1.807, 2.05) is 13.8 Å². The fourth-order valence-electron chi connectivity index (χ4n) is 0.937. The Balaban J connectivity index is 3.17. The van der Waals surface area contributed by atoms with Crippen molar-refractivity contribution in [3.63, 3.8) is 0 Å². The molecule has 12 heavy (non-hydrogen) atoms. The van der Waals surface area contributed by atoms with Crippen LogP contribution in [0.2, 0.25) is 0 Å². The van der Waals surface area contributed by atoms with Crippen molar-refractivity contribution in [1.29, 1.82) is 0 Å². The first-order valence-corrected chi connectivity index (χ1v) is 4.30. The summed E-state index contributed by atoms with van der Waals surface area (Å²) in [4.78, 5) is 17.3. The molecule has 1 rings (SSSR count). The van der Waals surface area contributed by atoms with Crippen LogP contribution in [0.25, 0.3) is 0 Å². The first-order chi connectivity index (χ1) is 5.52. The molecule has 0 saturated carbocycles. The molecule has 1 heterocycles. The van der Waals surface area contributed by atoms with E-state index in [4.69, 9.17) is 5.11 Å². The van der Waals surface area contributed by atoms with Gasteiger partial charge in [0.05, 0.1) is 5.69 Å². The minimum Gasteiger partial charge on any atom is -0.476 e. The first-order valence-electron chi connectivity index (χ1n) is 3.51. The third kappa shape index (κ3) is 1.66. The van der Waals surface area contributed by atoms with Gasteiger partial charge in [0.25, 0.3) is 0 Å². The van der Waals surface area contributed by atoms with Crippen molar-refractivity contribution in [2.24, 2.45) is 0 Å². The number of carbonyl (C=O) groups is 1. The van der Waals surface area contributed by atoms with Crippen molar-refractivity contribution in [1.82, 2.24) is 9.97 Å². The van der Waals surface area contributed by atoms with Crippen LogP contribution in [0, 0.1) is 0 Å². The predicted molar refractivity (Wildman–Crippen MR) is 47.3 cm³/mol. The van der Waals surface area contributed by atoms with Crippen LogP contribution in [0.1, 0.15) is 35.9 Å². The molecule has 0 spiro atoms. The SMILES string of the molecule is CC(C)c1[nH]c(Br)nc1C(=O)O. The molecule has 1 aromatic rings. The number of aromatic nitrogens is 2. The van der Waals surface area contributed by atoms with Crippen LogP contribution in [0.4, 0.5) is 0 Å². The van der Waals surface area contributed by atoms with Crippen molar-refractivity contribution >= 4 is 21.9 Å². The van der Waals surface area contributed by atoms with E-state index in [2.05, 4.69) is 25.9 Å². The minimum absolute atomic E-state index is 0.0943. The highest BCUT2D eigenvalue weighted by molar-refractivity contribution is 9.10. The molecule has 0 aliphatic heterocycles. The molecule has 1 aromatic heterocycles. The fourth-order valence-corrected chi connectivity index (χ4v) is 1.33. The number of aromatic amines is 1. The number of hydrogen-bond donors (Lipinski definition) is 2. The van der Waals surface area contributed by atoms with E-state index in [0.29, 0.717) is 10.4 Å². The fraction of sp³-hybridized carbons (Fsp3) is 0.429. The Kier molecular flexibility index (Phi) is 2.52. The molecule has 5 heteroatoms. The topological polar surface area (TPSA) is 66.0 Å². The van der Waals surface area contributed by atoms with Gasteiger partial charge in [0, 0.05) is 0 Å². The van der Waals surface area contributed by atoms with E-state index in [0.717, 1.165) is 0 Å². The monoisotopic (exact) mass is 232 g/mol. The lowest BCUT2D eigenvalue weighted by atomic mass is 10.1. The summed E-state index contributed by atoms with van der Waals surface area (Å²) in [5, 5.41) is 8.72. The molecule has 66 valence electrons. The number of halogens is 1. The number of hydrogen-bond acceptors (Lipinski definition) is 2. The van der Waals surface area contributed by atoms with E-state index in [9.17, 15) is 4.79 Å². The quantitative estimate of drug-likeness (QED) is 0.820. The van der Waals surface area contributed by atoms with Gasteiger partial charge in [-0.05, 0) is 21.8 Å². The Morgan fingerprint density at radius 2 is 2.25 bits per heavy atom. The molecule has 0 aliphatic carbocycles. The lowest BCUT2D eigenvalue weighted by Crippen LogP contribution is -2.02. The van der Waals surface area contributed by atoms with Crippen LogP contribution in [-0.2, 0) is 0 Å². The second-order valence-corrected chi connectivity index (χ2v) is 3.50. The Labute approximate surface area is 78.1 Å². The number of aromatic carboxylic acids is 1. The van der Waals surface area contributed by atoms with Crippen LogP contribution < -0.4 is 0 Å². The molecule has 0 aromatic carbocycles. The molecule has 2 N–H and O–H groups in total. The third-order valence-corrected chi connectivity index (χ3v) is 1.86. The summed E-state index contributed by atoms with van der Waals surface area (Å²) in [6, 6.07) is 0. The van der Waals surface area contributed by atoms with E-state index < -0.39 is 5.97 Å². The summed E-state index contributed by atoms with van der Waals surface area (Å²) in [5.41, 5.74) is 0.742. The van der Waals surface area contributed by atoms with Crippen molar-refractivity contribution in [3.05, 3.63) is 16.1 Å². The minimum atomic E-state index is -0.999. The van der Waals surface area contributed by atoms with E-state index in [-0.39, 0.29) is 11.6 Å². The van der Waals surface area contributed by atoms with E-state index >= 15 is 0 Å². The Bertz CT molecular complexity index is 306. The lowest BCUT2D eigenvalue weighted by molar-refractivity contribution is 0.0689. The first kappa shape index (κ1) is 9.25. The maximum atomic E-state index is 10.6. The molecular weight excluding hydrogens is 224 g/mol. The molecule has 0 radical (unpaired) electrons. The standard InChI is InChI=1S/C7H9BrN2O2/c1-3(2)4-5(6(11)12)10-7(8)9-4/h3H,1-2H3,(H,9,10)(H,11,12). The highest BCUT2D eigenvalue weighted by atomic mass is 79.9. The van der Waals surface area contributed by atoms with Gasteiger partial charge in [-0.2, -0.15) is 0 Å². The van der Waals surface area contributed by atoms with Crippen LogP contribution in [0.15, 0.2) is 4.73 Å². The molecule has 0 fully saturated rings. The number of H-pyrrole nitrogens is 1. The average Bonchev–Trinajstić information content (AvgIpc) is 2.31. The van der Waals surface area contributed by atoms with Gasteiger partial charge in [-0.25, -0.2) is 9.78 Å². The number of carboxylic acids is 1. The predicted octanol–water partition coefficient (Wildman–Crippen LogP) is 1.99. The molecule has 0 bridgehead atoms. The second kappa shape index (κ2) is 3.26. The molecule has 0 amide bonds. The van der Waals surface area contributed by atoms with Gasteiger partial charge >= 0.3 is 5.97 Å².